The van der Waals surface area contributed by atoms with Gasteiger partial charge in [0.15, 0.2) is 0 Å². The molecular formula is C15H27N3. The summed E-state index contributed by atoms with van der Waals surface area (Å²) in [7, 11) is 0. The zero-order chi connectivity index (χ0) is 13.0. The number of aromatic nitrogens is 2. The summed E-state index contributed by atoms with van der Waals surface area (Å²) < 4.78 is 2.28. The second kappa shape index (κ2) is 5.77. The van der Waals surface area contributed by atoms with Gasteiger partial charge in [0, 0.05) is 25.0 Å². The summed E-state index contributed by atoms with van der Waals surface area (Å²) in [4.78, 5) is 4.48. The molecule has 1 aliphatic carbocycles. The predicted octanol–water partition coefficient (Wildman–Crippen LogP) is 4.06. The first kappa shape index (κ1) is 13.4. The molecule has 1 heterocycles. The van der Waals surface area contributed by atoms with Crippen LogP contribution in [0.2, 0.25) is 0 Å². The van der Waals surface area contributed by atoms with Gasteiger partial charge in [0.1, 0.15) is 0 Å². The van der Waals surface area contributed by atoms with E-state index >= 15 is 0 Å². The fourth-order valence-corrected chi connectivity index (χ4v) is 2.58. The van der Waals surface area contributed by atoms with Crippen LogP contribution in [0.15, 0.2) is 12.4 Å². The Balaban J connectivity index is 1.98. The lowest BCUT2D eigenvalue weighted by molar-refractivity contribution is 0.295. The number of imidazole rings is 1. The van der Waals surface area contributed by atoms with Gasteiger partial charge < -0.3 is 9.88 Å². The van der Waals surface area contributed by atoms with Crippen LogP contribution in [-0.4, -0.2) is 15.6 Å². The molecule has 102 valence electrons. The monoisotopic (exact) mass is 249 g/mol. The Morgan fingerprint density at radius 1 is 1.33 bits per heavy atom. The Bertz CT molecular complexity index is 362. The quantitative estimate of drug-likeness (QED) is 0.852. The van der Waals surface area contributed by atoms with Crippen LogP contribution < -0.4 is 5.32 Å². The summed E-state index contributed by atoms with van der Waals surface area (Å²) in [5.74, 6) is 1.06. The minimum Gasteiger partial charge on any atom is -0.353 e. The average Bonchev–Trinajstić information content (AvgIpc) is 2.77. The molecular weight excluding hydrogens is 222 g/mol. The summed E-state index contributed by atoms with van der Waals surface area (Å²) in [6, 6.07) is 0.629. The van der Waals surface area contributed by atoms with E-state index in [-0.39, 0.29) is 0 Å². The zero-order valence-corrected chi connectivity index (χ0v) is 12.1. The molecule has 1 saturated carbocycles. The van der Waals surface area contributed by atoms with Gasteiger partial charge in [0.05, 0.1) is 0 Å². The smallest absolute Gasteiger partial charge is 0.203 e. The molecule has 1 aliphatic rings. The maximum Gasteiger partial charge on any atom is 0.203 e. The highest BCUT2D eigenvalue weighted by Crippen LogP contribution is 2.25. The number of nitrogens with zero attached hydrogens (tertiary/aromatic N) is 2. The molecule has 0 radical (unpaired) electrons. The Labute approximate surface area is 111 Å². The fourth-order valence-electron chi connectivity index (χ4n) is 2.58. The van der Waals surface area contributed by atoms with Crippen LogP contribution in [0.5, 0.6) is 0 Å². The van der Waals surface area contributed by atoms with Crippen molar-refractivity contribution in [1.82, 2.24) is 9.55 Å². The van der Waals surface area contributed by atoms with Crippen molar-refractivity contribution in [3.63, 3.8) is 0 Å². The van der Waals surface area contributed by atoms with Gasteiger partial charge in [-0.1, -0.05) is 40.0 Å². The van der Waals surface area contributed by atoms with Crippen molar-refractivity contribution in [1.29, 1.82) is 0 Å². The van der Waals surface area contributed by atoms with Crippen molar-refractivity contribution in [2.24, 2.45) is 5.41 Å². The van der Waals surface area contributed by atoms with Gasteiger partial charge >= 0.3 is 0 Å². The van der Waals surface area contributed by atoms with E-state index in [1.165, 1.54) is 38.5 Å². The minimum absolute atomic E-state index is 0.337. The molecule has 0 unspecified atom stereocenters. The SMILES string of the molecule is CCC(C)(C)Cn1ccnc1NC1CCCCC1. The average molecular weight is 249 g/mol. The predicted molar refractivity (Wildman–Crippen MR) is 76.8 cm³/mol. The van der Waals surface area contributed by atoms with Gasteiger partial charge in [-0.15, -0.1) is 0 Å². The summed E-state index contributed by atoms with van der Waals surface area (Å²) in [5.41, 5.74) is 0.337. The molecule has 0 spiro atoms. The van der Waals surface area contributed by atoms with Crippen LogP contribution in [0.4, 0.5) is 5.95 Å². The van der Waals surface area contributed by atoms with Gasteiger partial charge in [-0.2, -0.15) is 0 Å². The van der Waals surface area contributed by atoms with E-state index < -0.39 is 0 Å². The fraction of sp³-hybridized carbons (Fsp3) is 0.800. The van der Waals surface area contributed by atoms with Gasteiger partial charge in [-0.05, 0) is 24.7 Å². The molecule has 0 aromatic carbocycles. The van der Waals surface area contributed by atoms with Gasteiger partial charge in [-0.25, -0.2) is 4.98 Å². The first-order valence-electron chi connectivity index (χ1n) is 7.38. The van der Waals surface area contributed by atoms with Crippen LogP contribution in [0.3, 0.4) is 0 Å². The van der Waals surface area contributed by atoms with E-state index in [0.717, 1.165) is 12.5 Å². The topological polar surface area (TPSA) is 29.9 Å². The van der Waals surface area contributed by atoms with Crippen LogP contribution in [-0.2, 0) is 6.54 Å². The number of nitrogens with one attached hydrogen (secondary N) is 1. The van der Waals surface area contributed by atoms with Crippen molar-refractivity contribution in [2.75, 3.05) is 5.32 Å². The first-order chi connectivity index (χ1) is 8.61. The lowest BCUT2D eigenvalue weighted by Crippen LogP contribution is -2.26. The van der Waals surface area contributed by atoms with E-state index in [9.17, 15) is 0 Å². The van der Waals surface area contributed by atoms with Crippen LogP contribution >= 0.6 is 0 Å². The van der Waals surface area contributed by atoms with Crippen LogP contribution in [0.25, 0.3) is 0 Å². The highest BCUT2D eigenvalue weighted by molar-refractivity contribution is 5.27. The van der Waals surface area contributed by atoms with Gasteiger partial charge in [-0.3, -0.25) is 0 Å². The first-order valence-corrected chi connectivity index (χ1v) is 7.38. The number of rotatable bonds is 5. The summed E-state index contributed by atoms with van der Waals surface area (Å²) in [6.07, 6.45) is 11.9. The molecule has 1 N–H and O–H groups in total. The normalized spacial score (nSPS) is 17.9. The van der Waals surface area contributed by atoms with Crippen molar-refractivity contribution in [2.45, 2.75) is 71.9 Å². The van der Waals surface area contributed by atoms with Crippen molar-refractivity contribution >= 4 is 5.95 Å². The van der Waals surface area contributed by atoms with Gasteiger partial charge in [0.2, 0.25) is 5.95 Å². The maximum absolute atomic E-state index is 4.48. The molecule has 0 atom stereocenters. The molecule has 0 bridgehead atoms. The molecule has 0 aliphatic heterocycles. The molecule has 2 rings (SSSR count). The molecule has 1 aromatic heterocycles. The highest BCUT2D eigenvalue weighted by atomic mass is 15.2. The van der Waals surface area contributed by atoms with E-state index in [2.05, 4.69) is 41.8 Å². The Morgan fingerprint density at radius 2 is 2.06 bits per heavy atom. The molecule has 0 amide bonds. The Morgan fingerprint density at radius 3 is 2.72 bits per heavy atom. The molecule has 0 saturated heterocycles. The molecule has 18 heavy (non-hydrogen) atoms. The Hall–Kier alpha value is -0.990. The third-order valence-corrected chi connectivity index (χ3v) is 4.21. The van der Waals surface area contributed by atoms with Crippen molar-refractivity contribution in [3.8, 4) is 0 Å². The molecule has 1 aromatic rings. The molecule has 1 fully saturated rings. The van der Waals surface area contributed by atoms with Crippen molar-refractivity contribution < 1.29 is 0 Å². The number of hydrogen-bond acceptors (Lipinski definition) is 2. The highest BCUT2D eigenvalue weighted by Gasteiger charge is 2.19. The second-order valence-electron chi connectivity index (χ2n) is 6.38. The third kappa shape index (κ3) is 3.50. The lowest BCUT2D eigenvalue weighted by Gasteiger charge is -2.27. The maximum atomic E-state index is 4.48. The lowest BCUT2D eigenvalue weighted by atomic mass is 9.90. The van der Waals surface area contributed by atoms with Crippen molar-refractivity contribution in [3.05, 3.63) is 12.4 Å². The zero-order valence-electron chi connectivity index (χ0n) is 12.1. The van der Waals surface area contributed by atoms with E-state index in [4.69, 9.17) is 0 Å². The summed E-state index contributed by atoms with van der Waals surface area (Å²) >= 11 is 0. The molecule has 3 nitrogen and oxygen atoms in total. The number of anilines is 1. The summed E-state index contributed by atoms with van der Waals surface area (Å²) in [5, 5.41) is 3.63. The Kier molecular flexibility index (Phi) is 4.31. The molecule has 3 heteroatoms. The largest absolute Gasteiger partial charge is 0.353 e. The third-order valence-electron chi connectivity index (χ3n) is 4.21. The summed E-state index contributed by atoms with van der Waals surface area (Å²) in [6.45, 7) is 7.93. The van der Waals surface area contributed by atoms with E-state index in [0.29, 0.717) is 11.5 Å². The van der Waals surface area contributed by atoms with Crippen LogP contribution in [0.1, 0.15) is 59.3 Å². The standard InChI is InChI=1S/C15H27N3/c1-4-15(2,3)12-18-11-10-16-14(18)17-13-8-6-5-7-9-13/h10-11,13H,4-9,12H2,1-3H3,(H,16,17). The van der Waals surface area contributed by atoms with E-state index in [1.807, 2.05) is 6.20 Å². The van der Waals surface area contributed by atoms with Gasteiger partial charge in [0.25, 0.3) is 0 Å². The second-order valence-corrected chi connectivity index (χ2v) is 6.38. The number of hydrogen-bond donors (Lipinski definition) is 1. The van der Waals surface area contributed by atoms with E-state index in [1.54, 1.807) is 0 Å². The van der Waals surface area contributed by atoms with Crippen LogP contribution in [0, 0.1) is 5.41 Å². The minimum atomic E-state index is 0.337.